The number of carbonyl (C=O) groups excluding carboxylic acids is 4. The first-order valence-electron chi connectivity index (χ1n) is 14.5. The largest absolute Gasteiger partial charge is 0.480 e. The van der Waals surface area contributed by atoms with Gasteiger partial charge in [-0.3, -0.25) is 19.2 Å². The Kier molecular flexibility index (Phi) is 15.3. The van der Waals surface area contributed by atoms with Crippen LogP contribution in [0.25, 0.3) is 0 Å². The van der Waals surface area contributed by atoms with Gasteiger partial charge >= 0.3 is 5.97 Å². The lowest BCUT2D eigenvalue weighted by molar-refractivity contribution is -0.147. The number of rotatable bonds is 17. The van der Waals surface area contributed by atoms with E-state index in [1.54, 1.807) is 13.8 Å². The number of benzene rings is 1. The van der Waals surface area contributed by atoms with Gasteiger partial charge in [0.1, 0.15) is 24.2 Å². The molecule has 240 valence electrons. The third kappa shape index (κ3) is 10.7. The summed E-state index contributed by atoms with van der Waals surface area (Å²) in [6.45, 7) is 4.13. The molecule has 0 aromatic heterocycles. The Morgan fingerprint density at radius 2 is 1.70 bits per heavy atom. The quantitative estimate of drug-likeness (QED) is 0.0926. The Hall–Kier alpha value is -2.81. The molecule has 4 amide bonds. The van der Waals surface area contributed by atoms with Gasteiger partial charge < -0.3 is 37.4 Å². The molecule has 1 aromatic carbocycles. The summed E-state index contributed by atoms with van der Waals surface area (Å²) in [6.07, 6.45) is 4.09. The predicted octanol–water partition coefficient (Wildman–Crippen LogP) is 0.274. The fourth-order valence-electron chi connectivity index (χ4n) is 4.81. The summed E-state index contributed by atoms with van der Waals surface area (Å²) in [5.74, 6) is -3.19. The molecule has 1 aromatic rings. The van der Waals surface area contributed by atoms with E-state index in [0.717, 1.165) is 17.5 Å². The number of nitrogens with one attached hydrogen (secondary N) is 3. The standard InChI is InChI=1S/C29H46N6O6S2/c1-17(2)24(34-26(37)22(16-42)33-25(36)20(31)10-6-7-12-30)28(39)35-15-19-9-5-4-8-18(19)14-23(35)27(38)32-21(29(40)41)11-13-43-3/h4-5,8-9,17,20-24,42H,6-7,10-16,30-31H2,1-3H3,(H,32,38)(H,33,36)(H,34,37)(H,40,41)/t20-,21-,22-,23-,24-/m0/s1. The van der Waals surface area contributed by atoms with Crippen molar-refractivity contribution >= 4 is 54.0 Å². The number of thioether (sulfide) groups is 1. The summed E-state index contributed by atoms with van der Waals surface area (Å²) in [4.78, 5) is 66.7. The molecule has 5 atom stereocenters. The van der Waals surface area contributed by atoms with Crippen LogP contribution >= 0.6 is 24.4 Å². The van der Waals surface area contributed by atoms with Gasteiger partial charge in [0, 0.05) is 18.7 Å². The van der Waals surface area contributed by atoms with Crippen LogP contribution in [0.5, 0.6) is 0 Å². The molecule has 2 rings (SSSR count). The highest BCUT2D eigenvalue weighted by atomic mass is 32.2. The zero-order valence-electron chi connectivity index (χ0n) is 25.1. The first-order valence-corrected chi connectivity index (χ1v) is 16.5. The molecule has 1 aliphatic rings. The lowest BCUT2D eigenvalue weighted by atomic mass is 9.91. The van der Waals surface area contributed by atoms with E-state index in [4.69, 9.17) is 11.5 Å². The Morgan fingerprint density at radius 1 is 1.02 bits per heavy atom. The Balaban J connectivity index is 2.26. The van der Waals surface area contributed by atoms with Crippen LogP contribution in [0, 0.1) is 5.92 Å². The third-order valence-corrected chi connectivity index (χ3v) is 8.42. The first kappa shape index (κ1) is 36.4. The van der Waals surface area contributed by atoms with Crippen molar-refractivity contribution in [3.63, 3.8) is 0 Å². The number of fused-ring (bicyclic) bond motifs is 1. The molecule has 12 nitrogen and oxygen atoms in total. The monoisotopic (exact) mass is 638 g/mol. The van der Waals surface area contributed by atoms with Crippen molar-refractivity contribution in [3.05, 3.63) is 35.4 Å². The van der Waals surface area contributed by atoms with E-state index in [1.807, 2.05) is 30.5 Å². The number of carboxylic acids is 1. The molecule has 0 radical (unpaired) electrons. The zero-order chi connectivity index (χ0) is 32.1. The van der Waals surface area contributed by atoms with Gasteiger partial charge in [-0.2, -0.15) is 24.4 Å². The minimum absolute atomic E-state index is 0.0269. The molecule has 0 aliphatic carbocycles. The zero-order valence-corrected chi connectivity index (χ0v) is 26.8. The first-order chi connectivity index (χ1) is 20.4. The van der Waals surface area contributed by atoms with Gasteiger partial charge in [0.25, 0.3) is 0 Å². The van der Waals surface area contributed by atoms with Crippen molar-refractivity contribution in [1.29, 1.82) is 0 Å². The lowest BCUT2D eigenvalue weighted by Gasteiger charge is -2.39. The van der Waals surface area contributed by atoms with Crippen molar-refractivity contribution in [2.75, 3.05) is 24.3 Å². The van der Waals surface area contributed by atoms with Crippen LogP contribution in [0.1, 0.15) is 50.7 Å². The van der Waals surface area contributed by atoms with Crippen LogP contribution in [-0.2, 0) is 36.9 Å². The minimum atomic E-state index is -1.15. The maximum Gasteiger partial charge on any atom is 0.326 e. The van der Waals surface area contributed by atoms with Crippen molar-refractivity contribution in [1.82, 2.24) is 20.9 Å². The molecule has 1 aliphatic heterocycles. The second-order valence-electron chi connectivity index (χ2n) is 11.0. The van der Waals surface area contributed by atoms with Gasteiger partial charge in [0.15, 0.2) is 0 Å². The number of hydrogen-bond acceptors (Lipinski definition) is 9. The molecule has 0 bridgehead atoms. The number of carbonyl (C=O) groups is 5. The van der Waals surface area contributed by atoms with Crippen molar-refractivity contribution < 1.29 is 29.1 Å². The van der Waals surface area contributed by atoms with Crippen molar-refractivity contribution in [2.45, 2.75) is 82.7 Å². The summed E-state index contributed by atoms with van der Waals surface area (Å²) in [5.41, 5.74) is 13.2. The molecule has 0 saturated heterocycles. The van der Waals surface area contributed by atoms with Crippen LogP contribution in [0.15, 0.2) is 24.3 Å². The number of amides is 4. The molecule has 1 heterocycles. The van der Waals surface area contributed by atoms with Gasteiger partial charge in [-0.25, -0.2) is 4.79 Å². The van der Waals surface area contributed by atoms with E-state index in [1.165, 1.54) is 16.7 Å². The Morgan fingerprint density at radius 3 is 2.28 bits per heavy atom. The van der Waals surface area contributed by atoms with Crippen LogP contribution in [0.3, 0.4) is 0 Å². The molecule has 0 fully saturated rings. The molecular weight excluding hydrogens is 592 g/mol. The van der Waals surface area contributed by atoms with E-state index >= 15 is 0 Å². The van der Waals surface area contributed by atoms with Crippen LogP contribution < -0.4 is 27.4 Å². The van der Waals surface area contributed by atoms with Gasteiger partial charge in [0.05, 0.1) is 6.04 Å². The Labute approximate surface area is 263 Å². The average Bonchev–Trinajstić information content (AvgIpc) is 2.98. The van der Waals surface area contributed by atoms with E-state index < -0.39 is 59.8 Å². The fraction of sp³-hybridized carbons (Fsp3) is 0.621. The van der Waals surface area contributed by atoms with E-state index in [-0.39, 0.29) is 31.1 Å². The molecule has 43 heavy (non-hydrogen) atoms. The van der Waals surface area contributed by atoms with Crippen LogP contribution in [0.4, 0.5) is 0 Å². The summed E-state index contributed by atoms with van der Waals surface area (Å²) in [5, 5.41) is 17.6. The number of carboxylic acid groups (broad SMARTS) is 1. The number of unbranched alkanes of at least 4 members (excludes halogenated alkanes) is 1. The second kappa shape index (κ2) is 18.1. The number of thiol groups is 1. The maximum atomic E-state index is 14.1. The van der Waals surface area contributed by atoms with Gasteiger partial charge in [-0.1, -0.05) is 44.5 Å². The maximum absolute atomic E-state index is 14.1. The molecule has 0 saturated carbocycles. The Bertz CT molecular complexity index is 1120. The summed E-state index contributed by atoms with van der Waals surface area (Å²) < 4.78 is 0. The molecule has 8 N–H and O–H groups in total. The van der Waals surface area contributed by atoms with Gasteiger partial charge in [-0.15, -0.1) is 0 Å². The summed E-state index contributed by atoms with van der Waals surface area (Å²) in [6, 6.07) is 2.46. The SMILES string of the molecule is CSCC[C@H](NC(=O)[C@@H]1Cc2ccccc2CN1C(=O)[C@@H](NC(=O)[C@H](CS)NC(=O)[C@@H](N)CCCCN)C(C)C)C(=O)O. The number of aliphatic carboxylic acids is 1. The van der Waals surface area contributed by atoms with Crippen LogP contribution in [0.2, 0.25) is 0 Å². The van der Waals surface area contributed by atoms with Crippen molar-refractivity contribution in [3.8, 4) is 0 Å². The lowest BCUT2D eigenvalue weighted by Crippen LogP contribution is -2.62. The number of nitrogens with zero attached hydrogens (tertiary/aromatic N) is 1. The number of hydrogen-bond donors (Lipinski definition) is 7. The highest BCUT2D eigenvalue weighted by Gasteiger charge is 2.40. The molecule has 0 unspecified atom stereocenters. The highest BCUT2D eigenvalue weighted by Crippen LogP contribution is 2.25. The second-order valence-corrected chi connectivity index (χ2v) is 12.4. The third-order valence-electron chi connectivity index (χ3n) is 7.41. The normalized spacial score (nSPS) is 17.3. The predicted molar refractivity (Wildman–Crippen MR) is 170 cm³/mol. The van der Waals surface area contributed by atoms with E-state index in [9.17, 15) is 29.1 Å². The van der Waals surface area contributed by atoms with E-state index in [0.29, 0.717) is 25.1 Å². The summed E-state index contributed by atoms with van der Waals surface area (Å²) in [7, 11) is 0. The molecular formula is C29H46N6O6S2. The van der Waals surface area contributed by atoms with E-state index in [2.05, 4.69) is 28.6 Å². The topological polar surface area (TPSA) is 197 Å². The highest BCUT2D eigenvalue weighted by molar-refractivity contribution is 7.98. The average molecular weight is 639 g/mol. The van der Waals surface area contributed by atoms with Crippen LogP contribution in [-0.4, -0.2) is 94.1 Å². The van der Waals surface area contributed by atoms with Gasteiger partial charge in [-0.05, 0) is 54.9 Å². The van der Waals surface area contributed by atoms with Gasteiger partial charge in [0.2, 0.25) is 23.6 Å². The van der Waals surface area contributed by atoms with Crippen molar-refractivity contribution in [2.24, 2.45) is 17.4 Å². The fourth-order valence-corrected chi connectivity index (χ4v) is 5.54. The minimum Gasteiger partial charge on any atom is -0.480 e. The molecule has 14 heteroatoms. The number of nitrogens with two attached hydrogens (primary N) is 2. The smallest absolute Gasteiger partial charge is 0.326 e. The summed E-state index contributed by atoms with van der Waals surface area (Å²) >= 11 is 5.70. The molecule has 0 spiro atoms.